The predicted molar refractivity (Wildman–Crippen MR) is 56.9 cm³/mol. The Morgan fingerprint density at radius 2 is 2.07 bits per heavy atom. The quantitative estimate of drug-likeness (QED) is 0.825. The third kappa shape index (κ3) is 3.94. The second-order valence-electron chi connectivity index (χ2n) is 3.43. The fourth-order valence-corrected chi connectivity index (χ4v) is 1.08. The summed E-state index contributed by atoms with van der Waals surface area (Å²) in [5.41, 5.74) is 0.869. The molecule has 80 valence electrons. The normalized spacial score (nSPS) is 12.9. The average Bonchev–Trinajstić information content (AvgIpc) is 2.20. The number of allylic oxidation sites excluding steroid dienone is 1. The highest BCUT2D eigenvalue weighted by molar-refractivity contribution is 5.69. The van der Waals surface area contributed by atoms with Gasteiger partial charge in [0.05, 0.1) is 5.92 Å². The third-order valence-corrected chi connectivity index (χ3v) is 2.09. The molecule has 1 rings (SSSR count). The first-order chi connectivity index (χ1) is 7.09. The third-order valence-electron chi connectivity index (χ3n) is 2.09. The van der Waals surface area contributed by atoms with Gasteiger partial charge in [0.25, 0.3) is 0 Å². The van der Waals surface area contributed by atoms with E-state index in [-0.39, 0.29) is 11.7 Å². The van der Waals surface area contributed by atoms with E-state index in [1.807, 2.05) is 0 Å². The van der Waals surface area contributed by atoms with Crippen LogP contribution in [-0.2, 0) is 4.79 Å². The number of carboxylic acid groups (broad SMARTS) is 1. The van der Waals surface area contributed by atoms with Gasteiger partial charge in [0, 0.05) is 0 Å². The van der Waals surface area contributed by atoms with Crippen LogP contribution in [0.5, 0.6) is 0 Å². The van der Waals surface area contributed by atoms with Crippen LogP contribution in [0, 0.1) is 11.7 Å². The number of aliphatic carboxylic acids is 1. The zero-order valence-electron chi connectivity index (χ0n) is 8.48. The van der Waals surface area contributed by atoms with Crippen LogP contribution in [0.1, 0.15) is 18.9 Å². The maximum Gasteiger partial charge on any atom is 0.306 e. The molecule has 0 saturated carbocycles. The highest BCUT2D eigenvalue weighted by atomic mass is 19.1. The lowest BCUT2D eigenvalue weighted by Crippen LogP contribution is -2.07. The highest BCUT2D eigenvalue weighted by Gasteiger charge is 2.07. The molecule has 1 aromatic rings. The molecule has 1 N–H and O–H groups in total. The van der Waals surface area contributed by atoms with Crippen LogP contribution >= 0.6 is 0 Å². The fourth-order valence-electron chi connectivity index (χ4n) is 1.08. The molecule has 0 aliphatic carbocycles. The molecule has 2 nitrogen and oxygen atoms in total. The molecule has 3 heteroatoms. The van der Waals surface area contributed by atoms with E-state index in [0.29, 0.717) is 6.42 Å². The minimum absolute atomic E-state index is 0.272. The van der Waals surface area contributed by atoms with Crippen LogP contribution in [0.4, 0.5) is 4.39 Å². The van der Waals surface area contributed by atoms with Gasteiger partial charge in [-0.15, -0.1) is 0 Å². The van der Waals surface area contributed by atoms with Crippen molar-refractivity contribution < 1.29 is 14.3 Å². The van der Waals surface area contributed by atoms with Gasteiger partial charge in [-0.2, -0.15) is 0 Å². The molecule has 1 unspecified atom stereocenters. The zero-order valence-corrected chi connectivity index (χ0v) is 8.48. The standard InChI is InChI=1S/C12H13FO2/c1-9(12(14)15)3-2-4-10-5-7-11(13)8-6-10/h2,4-9H,3H2,1H3,(H,14,15)/b4-2+. The number of hydrogen-bond donors (Lipinski definition) is 1. The molecule has 0 aromatic heterocycles. The summed E-state index contributed by atoms with van der Waals surface area (Å²) in [6.45, 7) is 1.65. The maximum atomic E-state index is 12.5. The van der Waals surface area contributed by atoms with Crippen molar-refractivity contribution in [3.05, 3.63) is 41.7 Å². The average molecular weight is 208 g/mol. The first-order valence-corrected chi connectivity index (χ1v) is 4.74. The van der Waals surface area contributed by atoms with Crippen molar-refractivity contribution in [3.63, 3.8) is 0 Å². The second kappa shape index (κ2) is 5.29. The number of carbonyl (C=O) groups is 1. The van der Waals surface area contributed by atoms with Crippen LogP contribution < -0.4 is 0 Å². The molecule has 0 aliphatic heterocycles. The van der Waals surface area contributed by atoms with Crippen molar-refractivity contribution in [1.82, 2.24) is 0 Å². The molecule has 0 heterocycles. The Bertz CT molecular complexity index is 354. The Morgan fingerprint density at radius 3 is 2.60 bits per heavy atom. The monoisotopic (exact) mass is 208 g/mol. The van der Waals surface area contributed by atoms with E-state index in [0.717, 1.165) is 5.56 Å². The van der Waals surface area contributed by atoms with Gasteiger partial charge < -0.3 is 5.11 Å². The Morgan fingerprint density at radius 1 is 1.47 bits per heavy atom. The molecule has 15 heavy (non-hydrogen) atoms. The summed E-state index contributed by atoms with van der Waals surface area (Å²) < 4.78 is 12.5. The molecule has 0 amide bonds. The van der Waals surface area contributed by atoms with E-state index >= 15 is 0 Å². The van der Waals surface area contributed by atoms with Crippen LogP contribution in [-0.4, -0.2) is 11.1 Å². The predicted octanol–water partition coefficient (Wildman–Crippen LogP) is 2.95. The Balaban J connectivity index is 2.51. The van der Waals surface area contributed by atoms with E-state index in [1.165, 1.54) is 12.1 Å². The molecule has 0 bridgehead atoms. The molecule has 0 aliphatic rings. The number of benzene rings is 1. The lowest BCUT2D eigenvalue weighted by atomic mass is 10.1. The first-order valence-electron chi connectivity index (χ1n) is 4.74. The minimum atomic E-state index is -0.807. The summed E-state index contributed by atoms with van der Waals surface area (Å²) in [5.74, 6) is -1.47. The lowest BCUT2D eigenvalue weighted by Gasteiger charge is -2.00. The molecule has 0 radical (unpaired) electrons. The maximum absolute atomic E-state index is 12.5. The van der Waals surface area contributed by atoms with E-state index in [4.69, 9.17) is 5.11 Å². The molecule has 0 saturated heterocycles. The van der Waals surface area contributed by atoms with Crippen molar-refractivity contribution in [2.24, 2.45) is 5.92 Å². The molecular weight excluding hydrogens is 195 g/mol. The first kappa shape index (κ1) is 11.4. The van der Waals surface area contributed by atoms with Crippen molar-refractivity contribution >= 4 is 12.0 Å². The number of rotatable bonds is 4. The molecule has 0 spiro atoms. The van der Waals surface area contributed by atoms with Gasteiger partial charge in [-0.3, -0.25) is 4.79 Å². The SMILES string of the molecule is CC(C/C=C/c1ccc(F)cc1)C(=O)O. The number of hydrogen-bond acceptors (Lipinski definition) is 1. The van der Waals surface area contributed by atoms with Crippen molar-refractivity contribution in [3.8, 4) is 0 Å². The topological polar surface area (TPSA) is 37.3 Å². The van der Waals surface area contributed by atoms with Crippen LogP contribution in [0.3, 0.4) is 0 Å². The van der Waals surface area contributed by atoms with Crippen molar-refractivity contribution in [2.45, 2.75) is 13.3 Å². The smallest absolute Gasteiger partial charge is 0.306 e. The molecule has 0 fully saturated rings. The molecular formula is C12H13FO2. The Hall–Kier alpha value is -1.64. The van der Waals surface area contributed by atoms with Gasteiger partial charge in [-0.25, -0.2) is 4.39 Å². The summed E-state index contributed by atoms with van der Waals surface area (Å²) in [6, 6.07) is 6.05. The second-order valence-corrected chi connectivity index (χ2v) is 3.43. The summed E-state index contributed by atoms with van der Waals surface area (Å²) in [5, 5.41) is 8.63. The van der Waals surface area contributed by atoms with E-state index in [9.17, 15) is 9.18 Å². The summed E-state index contributed by atoms with van der Waals surface area (Å²) in [6.07, 6.45) is 4.05. The largest absolute Gasteiger partial charge is 0.481 e. The van der Waals surface area contributed by atoms with Gasteiger partial charge >= 0.3 is 5.97 Å². The van der Waals surface area contributed by atoms with Crippen LogP contribution in [0.2, 0.25) is 0 Å². The van der Waals surface area contributed by atoms with E-state index in [2.05, 4.69) is 0 Å². The summed E-state index contributed by atoms with van der Waals surface area (Å²) >= 11 is 0. The summed E-state index contributed by atoms with van der Waals surface area (Å²) in [4.78, 5) is 10.5. The highest BCUT2D eigenvalue weighted by Crippen LogP contribution is 2.08. The fraction of sp³-hybridized carbons (Fsp3) is 0.250. The summed E-state index contributed by atoms with van der Waals surface area (Å²) in [7, 11) is 0. The molecule has 1 aromatic carbocycles. The lowest BCUT2D eigenvalue weighted by molar-refractivity contribution is -0.140. The van der Waals surface area contributed by atoms with E-state index < -0.39 is 5.97 Å². The number of carboxylic acids is 1. The molecule has 1 atom stereocenters. The van der Waals surface area contributed by atoms with Gasteiger partial charge in [0.2, 0.25) is 0 Å². The zero-order chi connectivity index (χ0) is 11.3. The minimum Gasteiger partial charge on any atom is -0.481 e. The van der Waals surface area contributed by atoms with E-state index in [1.54, 1.807) is 31.2 Å². The van der Waals surface area contributed by atoms with Gasteiger partial charge in [0.15, 0.2) is 0 Å². The van der Waals surface area contributed by atoms with Crippen molar-refractivity contribution in [2.75, 3.05) is 0 Å². The van der Waals surface area contributed by atoms with Crippen molar-refractivity contribution in [1.29, 1.82) is 0 Å². The number of halogens is 1. The van der Waals surface area contributed by atoms with Gasteiger partial charge in [-0.1, -0.05) is 31.2 Å². The van der Waals surface area contributed by atoms with Gasteiger partial charge in [0.1, 0.15) is 5.82 Å². The Labute approximate surface area is 88.1 Å². The Kier molecular flexibility index (Phi) is 4.03. The van der Waals surface area contributed by atoms with Gasteiger partial charge in [-0.05, 0) is 24.1 Å². The van der Waals surface area contributed by atoms with Crippen LogP contribution in [0.25, 0.3) is 6.08 Å². The van der Waals surface area contributed by atoms with Crippen LogP contribution in [0.15, 0.2) is 30.3 Å².